The van der Waals surface area contributed by atoms with Gasteiger partial charge >= 0.3 is 5.97 Å². The van der Waals surface area contributed by atoms with E-state index in [0.29, 0.717) is 6.42 Å². The zero-order valence-corrected chi connectivity index (χ0v) is 10.6. The van der Waals surface area contributed by atoms with Gasteiger partial charge in [-0.1, -0.05) is 54.6 Å². The van der Waals surface area contributed by atoms with Crippen molar-refractivity contribution in [3.05, 3.63) is 65.3 Å². The van der Waals surface area contributed by atoms with Gasteiger partial charge in [0.25, 0.3) is 0 Å². The fourth-order valence-corrected chi connectivity index (χ4v) is 1.96. The van der Waals surface area contributed by atoms with Gasteiger partial charge < -0.3 is 10.8 Å². The van der Waals surface area contributed by atoms with E-state index >= 15 is 0 Å². The fourth-order valence-electron chi connectivity index (χ4n) is 1.96. The Labute approximate surface area is 112 Å². The minimum absolute atomic E-state index is 0.379. The van der Waals surface area contributed by atoms with E-state index in [1.807, 2.05) is 36.4 Å². The van der Waals surface area contributed by atoms with Gasteiger partial charge in [-0.3, -0.25) is 4.79 Å². The van der Waals surface area contributed by atoms with Crippen LogP contribution in [0.2, 0.25) is 0 Å². The summed E-state index contributed by atoms with van der Waals surface area (Å²) in [6, 6.07) is 9.29. The highest BCUT2D eigenvalue weighted by Gasteiger charge is 2.13. The quantitative estimate of drug-likeness (QED) is 0.869. The minimum Gasteiger partial charge on any atom is -0.480 e. The lowest BCUT2D eigenvalue weighted by Crippen LogP contribution is -2.30. The van der Waals surface area contributed by atoms with Crippen molar-refractivity contribution >= 4 is 12.0 Å². The fraction of sp³-hybridized carbons (Fsp3) is 0.188. The van der Waals surface area contributed by atoms with Gasteiger partial charge in [-0.05, 0) is 29.6 Å². The first-order valence-electron chi connectivity index (χ1n) is 6.26. The van der Waals surface area contributed by atoms with E-state index in [1.165, 1.54) is 11.1 Å². The van der Waals surface area contributed by atoms with Gasteiger partial charge in [0, 0.05) is 0 Å². The van der Waals surface area contributed by atoms with E-state index in [0.717, 1.165) is 12.0 Å². The summed E-state index contributed by atoms with van der Waals surface area (Å²) in [4.78, 5) is 10.7. The number of rotatable bonds is 4. The third kappa shape index (κ3) is 3.93. The van der Waals surface area contributed by atoms with Crippen LogP contribution in [0.5, 0.6) is 0 Å². The molecule has 98 valence electrons. The van der Waals surface area contributed by atoms with Crippen molar-refractivity contribution in [2.75, 3.05) is 0 Å². The van der Waals surface area contributed by atoms with E-state index < -0.39 is 12.0 Å². The molecule has 3 heteroatoms. The molecule has 0 aromatic heterocycles. The van der Waals surface area contributed by atoms with Gasteiger partial charge in [0.1, 0.15) is 6.04 Å². The molecule has 3 N–H and O–H groups in total. The van der Waals surface area contributed by atoms with E-state index in [-0.39, 0.29) is 0 Å². The monoisotopic (exact) mass is 255 g/mol. The summed E-state index contributed by atoms with van der Waals surface area (Å²) in [6.45, 7) is 0. The summed E-state index contributed by atoms with van der Waals surface area (Å²) in [5.74, 6) is -0.958. The maximum absolute atomic E-state index is 10.7. The predicted molar refractivity (Wildman–Crippen MR) is 76.5 cm³/mol. The molecule has 1 atom stereocenters. The summed E-state index contributed by atoms with van der Waals surface area (Å²) in [6.07, 6.45) is 9.33. The standard InChI is InChI=1S/C16H17NO2/c17-15(16(18)19)11-14-8-6-13(7-9-14)10-12-4-2-1-3-5-12/h1-6,8-10,15H,7,11,17H2,(H,18,19)/t15-/m1/s1. The summed E-state index contributed by atoms with van der Waals surface area (Å²) in [5, 5.41) is 8.77. The molecule has 0 fully saturated rings. The van der Waals surface area contributed by atoms with Crippen LogP contribution >= 0.6 is 0 Å². The van der Waals surface area contributed by atoms with Crippen molar-refractivity contribution < 1.29 is 9.90 Å². The number of hydrogen-bond donors (Lipinski definition) is 2. The molecule has 0 saturated carbocycles. The van der Waals surface area contributed by atoms with E-state index in [9.17, 15) is 4.79 Å². The maximum Gasteiger partial charge on any atom is 0.320 e. The summed E-state index contributed by atoms with van der Waals surface area (Å²) in [5.41, 5.74) is 8.88. The zero-order chi connectivity index (χ0) is 13.7. The molecule has 0 aliphatic heterocycles. The van der Waals surface area contributed by atoms with Crippen LogP contribution in [0.15, 0.2) is 59.7 Å². The van der Waals surface area contributed by atoms with Crippen LogP contribution in [0.1, 0.15) is 18.4 Å². The van der Waals surface area contributed by atoms with Gasteiger partial charge in [0.2, 0.25) is 0 Å². The number of carboxylic acid groups (broad SMARTS) is 1. The normalized spacial score (nSPS) is 18.2. The molecule has 0 radical (unpaired) electrons. The molecule has 1 aromatic rings. The molecule has 3 nitrogen and oxygen atoms in total. The Balaban J connectivity index is 1.99. The molecule has 2 rings (SSSR count). The molecule has 19 heavy (non-hydrogen) atoms. The summed E-state index contributed by atoms with van der Waals surface area (Å²) < 4.78 is 0. The lowest BCUT2D eigenvalue weighted by atomic mass is 9.96. The minimum atomic E-state index is -0.958. The Hall–Kier alpha value is -2.13. The molecule has 0 heterocycles. The van der Waals surface area contributed by atoms with Crippen LogP contribution in [-0.4, -0.2) is 17.1 Å². The van der Waals surface area contributed by atoms with E-state index in [2.05, 4.69) is 18.2 Å². The van der Waals surface area contributed by atoms with Crippen LogP contribution in [0.3, 0.4) is 0 Å². The Morgan fingerprint density at radius 1 is 1.32 bits per heavy atom. The van der Waals surface area contributed by atoms with E-state index in [1.54, 1.807) is 0 Å². The molecule has 1 aromatic carbocycles. The van der Waals surface area contributed by atoms with Crippen LogP contribution in [0.4, 0.5) is 0 Å². The molecular weight excluding hydrogens is 238 g/mol. The van der Waals surface area contributed by atoms with Gasteiger partial charge in [-0.25, -0.2) is 0 Å². The second-order valence-electron chi connectivity index (χ2n) is 4.60. The largest absolute Gasteiger partial charge is 0.480 e. The zero-order valence-electron chi connectivity index (χ0n) is 10.6. The molecule has 0 bridgehead atoms. The van der Waals surface area contributed by atoms with Crippen molar-refractivity contribution in [1.29, 1.82) is 0 Å². The average Bonchev–Trinajstić information content (AvgIpc) is 2.42. The lowest BCUT2D eigenvalue weighted by molar-refractivity contribution is -0.138. The highest BCUT2D eigenvalue weighted by atomic mass is 16.4. The van der Waals surface area contributed by atoms with Crippen LogP contribution in [0, 0.1) is 0 Å². The lowest BCUT2D eigenvalue weighted by Gasteiger charge is -2.12. The first-order chi connectivity index (χ1) is 9.15. The Morgan fingerprint density at radius 2 is 2.05 bits per heavy atom. The number of hydrogen-bond acceptors (Lipinski definition) is 2. The van der Waals surface area contributed by atoms with Crippen molar-refractivity contribution in [2.45, 2.75) is 18.9 Å². The third-order valence-electron chi connectivity index (χ3n) is 3.04. The molecule has 0 amide bonds. The van der Waals surface area contributed by atoms with Crippen molar-refractivity contribution in [3.63, 3.8) is 0 Å². The van der Waals surface area contributed by atoms with Gasteiger partial charge in [0.15, 0.2) is 0 Å². The second kappa shape index (κ2) is 6.16. The number of nitrogens with two attached hydrogens (primary N) is 1. The van der Waals surface area contributed by atoms with Crippen LogP contribution < -0.4 is 5.73 Å². The molecule has 0 saturated heterocycles. The highest BCUT2D eigenvalue weighted by molar-refractivity contribution is 5.73. The van der Waals surface area contributed by atoms with Gasteiger partial charge in [-0.2, -0.15) is 0 Å². The van der Waals surface area contributed by atoms with Crippen molar-refractivity contribution in [1.82, 2.24) is 0 Å². The van der Waals surface area contributed by atoms with Gasteiger partial charge in [0.05, 0.1) is 0 Å². The van der Waals surface area contributed by atoms with E-state index in [4.69, 9.17) is 10.8 Å². The highest BCUT2D eigenvalue weighted by Crippen LogP contribution is 2.20. The third-order valence-corrected chi connectivity index (χ3v) is 3.04. The molecule has 1 aliphatic rings. The predicted octanol–water partition coefficient (Wildman–Crippen LogP) is 2.76. The van der Waals surface area contributed by atoms with Crippen molar-refractivity contribution in [3.8, 4) is 0 Å². The molecule has 0 spiro atoms. The maximum atomic E-state index is 10.7. The Morgan fingerprint density at radius 3 is 2.63 bits per heavy atom. The number of allylic oxidation sites excluding steroid dienone is 4. The number of carbonyl (C=O) groups is 1. The second-order valence-corrected chi connectivity index (χ2v) is 4.60. The number of aliphatic carboxylic acids is 1. The smallest absolute Gasteiger partial charge is 0.320 e. The summed E-state index contributed by atoms with van der Waals surface area (Å²) in [7, 11) is 0. The van der Waals surface area contributed by atoms with Gasteiger partial charge in [-0.15, -0.1) is 0 Å². The van der Waals surface area contributed by atoms with Crippen molar-refractivity contribution in [2.24, 2.45) is 5.73 Å². The molecule has 0 unspecified atom stereocenters. The molecular formula is C16H17NO2. The Kier molecular flexibility index (Phi) is 4.31. The first kappa shape index (κ1) is 13.3. The summed E-state index contributed by atoms with van der Waals surface area (Å²) >= 11 is 0. The van der Waals surface area contributed by atoms with Crippen LogP contribution in [-0.2, 0) is 4.79 Å². The Bertz CT molecular complexity index is 541. The SMILES string of the molecule is N[C@H](CC1=CCC(=Cc2ccccc2)C=C1)C(=O)O. The van der Waals surface area contributed by atoms with Crippen LogP contribution in [0.25, 0.3) is 6.08 Å². The average molecular weight is 255 g/mol. The molecule has 1 aliphatic carbocycles. The topological polar surface area (TPSA) is 63.3 Å². The number of carboxylic acids is 1. The number of benzene rings is 1. The first-order valence-corrected chi connectivity index (χ1v) is 6.26.